The van der Waals surface area contributed by atoms with Gasteiger partial charge in [0, 0.05) is 6.04 Å². The lowest BCUT2D eigenvalue weighted by atomic mass is 9.83. The largest absolute Gasteiger partial charge is 0.314 e. The topological polar surface area (TPSA) is 12.0 Å². The number of rotatable bonds is 8. The van der Waals surface area contributed by atoms with Crippen LogP contribution >= 0.6 is 0 Å². The van der Waals surface area contributed by atoms with Crippen LogP contribution in [-0.2, 0) is 0 Å². The van der Waals surface area contributed by atoms with Gasteiger partial charge in [-0.25, -0.2) is 0 Å². The van der Waals surface area contributed by atoms with Crippen LogP contribution in [0.1, 0.15) is 65.2 Å². The van der Waals surface area contributed by atoms with E-state index in [0.29, 0.717) is 0 Å². The molecule has 18 heavy (non-hydrogen) atoms. The molecule has 0 aromatic carbocycles. The minimum Gasteiger partial charge on any atom is -0.314 e. The Morgan fingerprint density at radius 3 is 2.72 bits per heavy atom. The highest BCUT2D eigenvalue weighted by Crippen LogP contribution is 2.50. The molecule has 0 saturated heterocycles. The molecule has 0 aromatic rings. The monoisotopic (exact) mass is 249 g/mol. The summed E-state index contributed by atoms with van der Waals surface area (Å²) >= 11 is 0. The maximum atomic E-state index is 4.05. The molecule has 0 radical (unpaired) electrons. The zero-order chi connectivity index (χ0) is 13.0. The number of hydrogen-bond donors (Lipinski definition) is 1. The number of allylic oxidation sites excluding steroid dienone is 1. The molecular weight excluding hydrogens is 218 g/mol. The highest BCUT2D eigenvalue weighted by atomic mass is 14.9. The van der Waals surface area contributed by atoms with E-state index < -0.39 is 0 Å². The van der Waals surface area contributed by atoms with E-state index in [9.17, 15) is 0 Å². The third-order valence-corrected chi connectivity index (χ3v) is 5.07. The van der Waals surface area contributed by atoms with Gasteiger partial charge in [0.05, 0.1) is 0 Å². The molecule has 1 heteroatoms. The van der Waals surface area contributed by atoms with Crippen molar-refractivity contribution in [3.8, 4) is 0 Å². The minimum absolute atomic E-state index is 0.742. The van der Waals surface area contributed by atoms with E-state index in [0.717, 1.165) is 23.8 Å². The third kappa shape index (κ3) is 3.85. The van der Waals surface area contributed by atoms with Gasteiger partial charge < -0.3 is 5.32 Å². The van der Waals surface area contributed by atoms with Gasteiger partial charge in [0.1, 0.15) is 0 Å². The van der Waals surface area contributed by atoms with Crippen molar-refractivity contribution in [1.82, 2.24) is 5.32 Å². The Balaban J connectivity index is 1.78. The molecule has 2 bridgehead atoms. The Kier molecular flexibility index (Phi) is 5.29. The first-order chi connectivity index (χ1) is 8.69. The van der Waals surface area contributed by atoms with E-state index in [2.05, 4.69) is 25.7 Å². The lowest BCUT2D eigenvalue weighted by Crippen LogP contribution is -2.33. The van der Waals surface area contributed by atoms with Crippen LogP contribution in [0.2, 0.25) is 0 Å². The second-order valence-electron chi connectivity index (χ2n) is 6.82. The zero-order valence-corrected chi connectivity index (χ0v) is 12.4. The maximum absolute atomic E-state index is 4.05. The van der Waals surface area contributed by atoms with Crippen LogP contribution in [-0.4, -0.2) is 12.6 Å². The number of fused-ring (bicyclic) bond motifs is 2. The quantitative estimate of drug-likeness (QED) is 0.623. The lowest BCUT2D eigenvalue weighted by molar-refractivity contribution is 0.271. The van der Waals surface area contributed by atoms with Gasteiger partial charge in [-0.2, -0.15) is 0 Å². The average molecular weight is 249 g/mol. The van der Waals surface area contributed by atoms with E-state index in [1.165, 1.54) is 57.1 Å². The summed E-state index contributed by atoms with van der Waals surface area (Å²) in [6, 6.07) is 0.742. The summed E-state index contributed by atoms with van der Waals surface area (Å²) < 4.78 is 0. The Hall–Kier alpha value is -0.300. The average Bonchev–Trinajstić information content (AvgIpc) is 2.94. The highest BCUT2D eigenvalue weighted by Gasteiger charge is 2.39. The molecule has 0 aromatic heterocycles. The van der Waals surface area contributed by atoms with Gasteiger partial charge >= 0.3 is 0 Å². The Labute approximate surface area is 113 Å². The van der Waals surface area contributed by atoms with E-state index in [1.807, 2.05) is 0 Å². The number of nitrogens with one attached hydrogen (secondary N) is 1. The maximum Gasteiger partial charge on any atom is 0.00728 e. The van der Waals surface area contributed by atoms with Crippen molar-refractivity contribution in [3.63, 3.8) is 0 Å². The molecule has 2 rings (SSSR count). The molecule has 4 unspecified atom stereocenters. The molecule has 0 aliphatic heterocycles. The second-order valence-corrected chi connectivity index (χ2v) is 6.82. The van der Waals surface area contributed by atoms with Crippen molar-refractivity contribution in [3.05, 3.63) is 12.2 Å². The molecule has 2 saturated carbocycles. The minimum atomic E-state index is 0.742. The number of hydrogen-bond acceptors (Lipinski definition) is 1. The summed E-state index contributed by atoms with van der Waals surface area (Å²) in [6.07, 6.45) is 11.3. The molecule has 2 aliphatic carbocycles. The van der Waals surface area contributed by atoms with E-state index in [4.69, 9.17) is 0 Å². The van der Waals surface area contributed by atoms with Crippen LogP contribution in [0, 0.1) is 17.8 Å². The van der Waals surface area contributed by atoms with Gasteiger partial charge in [-0.05, 0) is 76.2 Å². The Bertz CT molecular complexity index is 271. The highest BCUT2D eigenvalue weighted by molar-refractivity contribution is 4.93. The first kappa shape index (κ1) is 14.1. The van der Waals surface area contributed by atoms with E-state index in [1.54, 1.807) is 6.42 Å². The van der Waals surface area contributed by atoms with E-state index >= 15 is 0 Å². The zero-order valence-electron chi connectivity index (χ0n) is 12.4. The van der Waals surface area contributed by atoms with Crippen molar-refractivity contribution in [2.45, 2.75) is 71.3 Å². The van der Waals surface area contributed by atoms with Crippen molar-refractivity contribution in [2.24, 2.45) is 17.8 Å². The second kappa shape index (κ2) is 6.75. The molecule has 2 fully saturated rings. The molecule has 104 valence electrons. The van der Waals surface area contributed by atoms with Crippen molar-refractivity contribution in [2.75, 3.05) is 6.54 Å². The summed E-state index contributed by atoms with van der Waals surface area (Å²) in [4.78, 5) is 0. The fraction of sp³-hybridized carbons (Fsp3) is 0.882. The van der Waals surface area contributed by atoms with Crippen LogP contribution in [0.5, 0.6) is 0 Å². The summed E-state index contributed by atoms with van der Waals surface area (Å²) in [6.45, 7) is 9.66. The van der Waals surface area contributed by atoms with Gasteiger partial charge in [0.25, 0.3) is 0 Å². The van der Waals surface area contributed by atoms with Crippen LogP contribution in [0.4, 0.5) is 0 Å². The van der Waals surface area contributed by atoms with Crippen LogP contribution in [0.25, 0.3) is 0 Å². The fourth-order valence-electron chi connectivity index (χ4n) is 4.10. The smallest absolute Gasteiger partial charge is 0.00728 e. The molecule has 1 nitrogen and oxygen atoms in total. The predicted molar refractivity (Wildman–Crippen MR) is 79.7 cm³/mol. The normalized spacial score (nSPS) is 31.8. The van der Waals surface area contributed by atoms with Gasteiger partial charge in [0.15, 0.2) is 0 Å². The van der Waals surface area contributed by atoms with E-state index in [-0.39, 0.29) is 0 Å². The van der Waals surface area contributed by atoms with Gasteiger partial charge in [-0.1, -0.05) is 18.9 Å². The summed E-state index contributed by atoms with van der Waals surface area (Å²) in [5.74, 6) is 3.20. The van der Waals surface area contributed by atoms with Gasteiger partial charge in [0.2, 0.25) is 0 Å². The lowest BCUT2D eigenvalue weighted by Gasteiger charge is -2.27. The van der Waals surface area contributed by atoms with Crippen LogP contribution in [0.3, 0.4) is 0 Å². The van der Waals surface area contributed by atoms with Crippen LogP contribution < -0.4 is 5.32 Å². The summed E-state index contributed by atoms with van der Waals surface area (Å²) in [5, 5.41) is 3.77. The summed E-state index contributed by atoms with van der Waals surface area (Å²) in [5.41, 5.74) is 1.34. The molecule has 0 amide bonds. The predicted octanol–water partition coefficient (Wildman–Crippen LogP) is 4.54. The standard InChI is InChI=1S/C17H31N/c1-4-9-18-17(8-5-13(2)3)12-16-11-14-6-7-15(16)10-14/h14-18H,2,4-12H2,1,3H3. The molecular formula is C17H31N. The third-order valence-electron chi connectivity index (χ3n) is 5.07. The molecule has 1 N–H and O–H groups in total. The Morgan fingerprint density at radius 1 is 1.33 bits per heavy atom. The van der Waals surface area contributed by atoms with Gasteiger partial charge in [-0.3, -0.25) is 0 Å². The van der Waals surface area contributed by atoms with Gasteiger partial charge in [-0.15, -0.1) is 6.58 Å². The molecule has 0 spiro atoms. The fourth-order valence-corrected chi connectivity index (χ4v) is 4.10. The molecule has 4 atom stereocenters. The summed E-state index contributed by atoms with van der Waals surface area (Å²) in [7, 11) is 0. The van der Waals surface area contributed by atoms with Crippen molar-refractivity contribution in [1.29, 1.82) is 0 Å². The van der Waals surface area contributed by atoms with Crippen molar-refractivity contribution < 1.29 is 0 Å². The SMILES string of the molecule is C=C(C)CCC(CC1CC2CCC1C2)NCCC. The van der Waals surface area contributed by atoms with Crippen LogP contribution in [0.15, 0.2) is 12.2 Å². The molecule has 2 aliphatic rings. The first-order valence-corrected chi connectivity index (χ1v) is 8.06. The first-order valence-electron chi connectivity index (χ1n) is 8.06. The Morgan fingerprint density at radius 2 is 2.17 bits per heavy atom. The molecule has 0 heterocycles. The van der Waals surface area contributed by atoms with Crippen molar-refractivity contribution >= 4 is 0 Å².